The molecule has 0 saturated carbocycles. The maximum atomic E-state index is 12.5. The van der Waals surface area contributed by atoms with Crippen molar-refractivity contribution < 1.29 is 19.1 Å². The van der Waals surface area contributed by atoms with Gasteiger partial charge in [0.2, 0.25) is 11.8 Å². The van der Waals surface area contributed by atoms with Crippen molar-refractivity contribution in [1.29, 1.82) is 0 Å². The molecule has 1 aliphatic heterocycles. The van der Waals surface area contributed by atoms with Gasteiger partial charge in [-0.15, -0.1) is 10.2 Å². The lowest BCUT2D eigenvalue weighted by atomic mass is 10.1. The monoisotopic (exact) mass is 401 g/mol. The van der Waals surface area contributed by atoms with Gasteiger partial charge < -0.3 is 14.8 Å². The summed E-state index contributed by atoms with van der Waals surface area (Å²) in [6.07, 6.45) is 0.236. The Balaban J connectivity index is 1.45. The molecule has 27 heavy (non-hydrogen) atoms. The van der Waals surface area contributed by atoms with Crippen LogP contribution < -0.4 is 5.32 Å². The second-order valence-electron chi connectivity index (χ2n) is 5.85. The van der Waals surface area contributed by atoms with Crippen LogP contribution in [0.15, 0.2) is 46.0 Å². The van der Waals surface area contributed by atoms with E-state index in [1.54, 1.807) is 24.3 Å². The number of benzene rings is 2. The van der Waals surface area contributed by atoms with E-state index in [4.69, 9.17) is 16.0 Å². The second-order valence-corrected chi connectivity index (χ2v) is 7.18. The number of aromatic nitrogens is 2. The lowest BCUT2D eigenvalue weighted by Gasteiger charge is -2.06. The quantitative estimate of drug-likeness (QED) is 0.497. The molecule has 4 rings (SSSR count). The Bertz CT molecular complexity index is 1050. The molecule has 2 N–H and O–H groups in total. The predicted octanol–water partition coefficient (Wildman–Crippen LogP) is 3.57. The number of fused-ring (bicyclic) bond motifs is 1. The second kappa shape index (κ2) is 7.05. The van der Waals surface area contributed by atoms with Crippen LogP contribution >= 0.6 is 23.4 Å². The van der Waals surface area contributed by atoms with Crippen LogP contribution in [0.5, 0.6) is 5.75 Å². The molecule has 0 bridgehead atoms. The Labute approximate surface area is 162 Å². The van der Waals surface area contributed by atoms with Gasteiger partial charge in [-0.1, -0.05) is 23.4 Å². The van der Waals surface area contributed by atoms with E-state index in [-0.39, 0.29) is 39.9 Å². The third-order valence-corrected chi connectivity index (χ3v) is 5.10. The number of carbonyl (C=O) groups excluding carboxylic acids is 2. The highest BCUT2D eigenvalue weighted by atomic mass is 35.5. The number of phenols is 1. The van der Waals surface area contributed by atoms with Crippen molar-refractivity contribution in [2.24, 2.45) is 0 Å². The van der Waals surface area contributed by atoms with Crippen LogP contribution in [0.1, 0.15) is 15.9 Å². The van der Waals surface area contributed by atoms with Crippen molar-refractivity contribution in [3.8, 4) is 17.2 Å². The summed E-state index contributed by atoms with van der Waals surface area (Å²) in [7, 11) is 0. The summed E-state index contributed by atoms with van der Waals surface area (Å²) in [5, 5.41) is 20.4. The number of rotatable bonds is 5. The number of aromatic hydroxyl groups is 1. The summed E-state index contributed by atoms with van der Waals surface area (Å²) in [6, 6.07) is 9.59. The first-order chi connectivity index (χ1) is 13.0. The minimum absolute atomic E-state index is 0.0666. The summed E-state index contributed by atoms with van der Waals surface area (Å²) in [4.78, 5) is 24.0. The van der Waals surface area contributed by atoms with Crippen LogP contribution in [0.3, 0.4) is 0 Å². The highest BCUT2D eigenvalue weighted by Crippen LogP contribution is 2.31. The van der Waals surface area contributed by atoms with Crippen molar-refractivity contribution in [1.82, 2.24) is 10.2 Å². The van der Waals surface area contributed by atoms with Gasteiger partial charge in [0.25, 0.3) is 5.22 Å². The molecular weight excluding hydrogens is 390 g/mol. The lowest BCUT2D eigenvalue weighted by molar-refractivity contribution is -0.115. The molecule has 0 unspecified atom stereocenters. The van der Waals surface area contributed by atoms with Gasteiger partial charge in [0.05, 0.1) is 17.2 Å². The van der Waals surface area contributed by atoms with Gasteiger partial charge in [-0.2, -0.15) is 0 Å². The molecule has 0 fully saturated rings. The standard InChI is InChI=1S/C18H12ClN3O4S/c19-13-7-14-10(6-16(25)20-14)5-12(13)15(24)8-27-18-22-21-17(26-18)9-1-3-11(23)4-2-9/h1-5,7,23H,6,8H2,(H,20,25). The van der Waals surface area contributed by atoms with Crippen LogP contribution in [-0.2, 0) is 11.2 Å². The van der Waals surface area contributed by atoms with Gasteiger partial charge >= 0.3 is 0 Å². The van der Waals surface area contributed by atoms with Crippen LogP contribution in [0.4, 0.5) is 5.69 Å². The van der Waals surface area contributed by atoms with Crippen molar-refractivity contribution in [2.75, 3.05) is 11.1 Å². The molecule has 9 heteroatoms. The summed E-state index contributed by atoms with van der Waals surface area (Å²) >= 11 is 7.28. The smallest absolute Gasteiger partial charge is 0.277 e. The predicted molar refractivity (Wildman–Crippen MR) is 100 cm³/mol. The fraction of sp³-hybridized carbons (Fsp3) is 0.111. The molecule has 2 heterocycles. The molecule has 2 aromatic carbocycles. The van der Waals surface area contributed by atoms with Gasteiger partial charge in [0, 0.05) is 16.8 Å². The molecule has 0 spiro atoms. The molecule has 0 atom stereocenters. The fourth-order valence-corrected chi connectivity index (χ4v) is 3.57. The fourth-order valence-electron chi connectivity index (χ4n) is 2.66. The van der Waals surface area contributed by atoms with E-state index in [0.717, 1.165) is 17.3 Å². The van der Waals surface area contributed by atoms with E-state index in [2.05, 4.69) is 15.5 Å². The Morgan fingerprint density at radius 2 is 2.04 bits per heavy atom. The summed E-state index contributed by atoms with van der Waals surface area (Å²) in [5.74, 6) is 0.188. The lowest BCUT2D eigenvalue weighted by Crippen LogP contribution is -2.04. The Morgan fingerprint density at radius 3 is 2.81 bits per heavy atom. The molecule has 136 valence electrons. The van der Waals surface area contributed by atoms with Gasteiger partial charge in [-0.3, -0.25) is 9.59 Å². The van der Waals surface area contributed by atoms with Crippen LogP contribution in [-0.4, -0.2) is 32.7 Å². The zero-order chi connectivity index (χ0) is 19.0. The average molecular weight is 402 g/mol. The number of hydrogen-bond acceptors (Lipinski definition) is 7. The molecule has 1 amide bonds. The van der Waals surface area contributed by atoms with E-state index in [9.17, 15) is 14.7 Å². The first kappa shape index (κ1) is 17.6. The highest BCUT2D eigenvalue weighted by Gasteiger charge is 2.22. The van der Waals surface area contributed by atoms with Crippen molar-refractivity contribution in [3.63, 3.8) is 0 Å². The van der Waals surface area contributed by atoms with Crippen LogP contribution in [0, 0.1) is 0 Å². The van der Waals surface area contributed by atoms with Gasteiger partial charge in [-0.25, -0.2) is 0 Å². The number of hydrogen-bond donors (Lipinski definition) is 2. The van der Waals surface area contributed by atoms with Gasteiger partial charge in [0.15, 0.2) is 5.78 Å². The Hall–Kier alpha value is -2.84. The molecule has 3 aromatic rings. The number of carbonyl (C=O) groups is 2. The number of thioether (sulfide) groups is 1. The van der Waals surface area contributed by atoms with E-state index < -0.39 is 0 Å². The van der Waals surface area contributed by atoms with Gasteiger partial charge in [-0.05, 0) is 42.0 Å². The third kappa shape index (κ3) is 3.67. The Morgan fingerprint density at radius 1 is 1.26 bits per heavy atom. The van der Waals surface area contributed by atoms with E-state index >= 15 is 0 Å². The minimum atomic E-state index is -0.198. The number of halogens is 1. The van der Waals surface area contributed by atoms with Crippen LogP contribution in [0.25, 0.3) is 11.5 Å². The number of ketones is 1. The zero-order valence-electron chi connectivity index (χ0n) is 13.7. The zero-order valence-corrected chi connectivity index (χ0v) is 15.3. The topological polar surface area (TPSA) is 105 Å². The van der Waals surface area contributed by atoms with Crippen molar-refractivity contribution >= 4 is 40.7 Å². The summed E-state index contributed by atoms with van der Waals surface area (Å²) in [6.45, 7) is 0. The van der Waals surface area contributed by atoms with Gasteiger partial charge in [0.1, 0.15) is 5.75 Å². The molecule has 0 saturated heterocycles. The first-order valence-corrected chi connectivity index (χ1v) is 9.27. The molecule has 1 aliphatic rings. The van der Waals surface area contributed by atoms with E-state index in [0.29, 0.717) is 22.7 Å². The molecule has 7 nitrogen and oxygen atoms in total. The van der Waals surface area contributed by atoms with Crippen LogP contribution in [0.2, 0.25) is 5.02 Å². The van der Waals surface area contributed by atoms with E-state index in [1.807, 2.05) is 0 Å². The number of Topliss-reactive ketones (excluding diaryl/α,β-unsaturated/α-hetero) is 1. The SMILES string of the molecule is O=C1Cc2cc(C(=O)CSc3nnc(-c4ccc(O)cc4)o3)c(Cl)cc2N1. The minimum Gasteiger partial charge on any atom is -0.508 e. The normalized spacial score (nSPS) is 12.7. The molecule has 0 aliphatic carbocycles. The number of amides is 1. The average Bonchev–Trinajstić information content (AvgIpc) is 3.25. The summed E-state index contributed by atoms with van der Waals surface area (Å²) < 4.78 is 5.53. The van der Waals surface area contributed by atoms with E-state index in [1.165, 1.54) is 12.1 Å². The largest absolute Gasteiger partial charge is 0.508 e. The maximum absolute atomic E-state index is 12.5. The number of phenolic OH excluding ortho intramolecular Hbond substituents is 1. The number of nitrogens with one attached hydrogen (secondary N) is 1. The molecule has 0 radical (unpaired) electrons. The van der Waals surface area contributed by atoms with Crippen molar-refractivity contribution in [2.45, 2.75) is 11.6 Å². The maximum Gasteiger partial charge on any atom is 0.277 e. The molecular formula is C18H12ClN3O4S. The third-order valence-electron chi connectivity index (χ3n) is 3.97. The first-order valence-electron chi connectivity index (χ1n) is 7.91. The van der Waals surface area contributed by atoms with Crippen molar-refractivity contribution in [3.05, 3.63) is 52.5 Å². The number of nitrogens with zero attached hydrogens (tertiary/aromatic N) is 2. The number of anilines is 1. The Kier molecular flexibility index (Phi) is 4.59. The summed E-state index contributed by atoms with van der Waals surface area (Å²) in [5.41, 5.74) is 2.42. The highest BCUT2D eigenvalue weighted by molar-refractivity contribution is 7.99. The molecule has 1 aromatic heterocycles.